The van der Waals surface area contributed by atoms with Crippen LogP contribution >= 0.6 is 0 Å². The van der Waals surface area contributed by atoms with Crippen molar-refractivity contribution in [1.29, 1.82) is 0 Å². The van der Waals surface area contributed by atoms with E-state index in [1.54, 1.807) is 0 Å². The number of fused-ring (bicyclic) bond motifs is 6. The van der Waals surface area contributed by atoms with Gasteiger partial charge in [-0.1, -0.05) is 152 Å². The van der Waals surface area contributed by atoms with Crippen LogP contribution in [0.3, 0.4) is 0 Å². The van der Waals surface area contributed by atoms with Crippen LogP contribution in [0.15, 0.2) is 192 Å². The third-order valence-corrected chi connectivity index (χ3v) is 10.7. The van der Waals surface area contributed by atoms with Gasteiger partial charge in [-0.2, -0.15) is 0 Å². The number of furan rings is 1. The summed E-state index contributed by atoms with van der Waals surface area (Å²) in [6.45, 7) is 0. The molecule has 0 saturated carbocycles. The highest BCUT2D eigenvalue weighted by atomic mass is 16.3. The summed E-state index contributed by atoms with van der Waals surface area (Å²) in [7, 11) is 0. The summed E-state index contributed by atoms with van der Waals surface area (Å²) in [6.07, 6.45) is 0. The highest BCUT2D eigenvalue weighted by Crippen LogP contribution is 2.42. The van der Waals surface area contributed by atoms with Crippen molar-refractivity contribution >= 4 is 54.3 Å². The monoisotopic (exact) mass is 701 g/mol. The second-order valence-corrected chi connectivity index (χ2v) is 14.0. The molecule has 0 spiro atoms. The maximum atomic E-state index is 6.52. The number of hydrogen-bond acceptors (Lipinski definition) is 4. The summed E-state index contributed by atoms with van der Waals surface area (Å²) in [5.74, 6) is 1.90. The first-order chi connectivity index (χ1) is 27.2. The number of aromatic nitrogens is 3. The van der Waals surface area contributed by atoms with Gasteiger partial charge in [0.2, 0.25) is 0 Å². The molecule has 0 aliphatic heterocycles. The Morgan fingerprint density at radius 3 is 1.55 bits per heavy atom. The van der Waals surface area contributed by atoms with Gasteiger partial charge >= 0.3 is 0 Å². The lowest BCUT2D eigenvalue weighted by Gasteiger charge is -2.14. The summed E-state index contributed by atoms with van der Waals surface area (Å²) in [6, 6.07) is 65.8. The maximum Gasteiger partial charge on any atom is 0.164 e. The fourth-order valence-corrected chi connectivity index (χ4v) is 8.00. The lowest BCUT2D eigenvalue weighted by molar-refractivity contribution is 0.669. The van der Waals surface area contributed by atoms with Crippen molar-refractivity contribution in [3.8, 4) is 56.4 Å². The van der Waals surface area contributed by atoms with Crippen molar-refractivity contribution in [3.63, 3.8) is 0 Å². The van der Waals surface area contributed by atoms with Gasteiger partial charge in [0, 0.05) is 27.5 Å². The Balaban J connectivity index is 1.10. The van der Waals surface area contributed by atoms with E-state index in [0.717, 1.165) is 82.4 Å². The first kappa shape index (κ1) is 31.1. The zero-order valence-corrected chi connectivity index (χ0v) is 29.6. The molecule has 0 atom stereocenters. The molecule has 2 heterocycles. The van der Waals surface area contributed by atoms with Gasteiger partial charge in [0.25, 0.3) is 0 Å². The molecule has 0 amide bonds. The topological polar surface area (TPSA) is 51.8 Å². The highest BCUT2D eigenvalue weighted by Gasteiger charge is 2.19. The molecular weight excluding hydrogens is 671 g/mol. The second kappa shape index (κ2) is 12.6. The van der Waals surface area contributed by atoms with Gasteiger partial charge in [-0.05, 0) is 91.0 Å². The molecule has 0 fully saturated rings. The molecule has 2 aromatic heterocycles. The Kier molecular flexibility index (Phi) is 7.14. The van der Waals surface area contributed by atoms with Gasteiger partial charge in [0.15, 0.2) is 17.5 Å². The average molecular weight is 702 g/mol. The number of rotatable bonds is 5. The zero-order chi connectivity index (χ0) is 36.3. The summed E-state index contributed by atoms with van der Waals surface area (Å²) in [5, 5.41) is 9.01. The Hall–Kier alpha value is -7.43. The van der Waals surface area contributed by atoms with E-state index in [9.17, 15) is 0 Å². The largest absolute Gasteiger partial charge is 0.456 e. The van der Waals surface area contributed by atoms with Crippen LogP contribution in [-0.2, 0) is 0 Å². The smallest absolute Gasteiger partial charge is 0.164 e. The SMILES string of the molecule is c1ccc(-c2ccc3c(c2)oc2cccc(-c4ccc(-c5nc(-c6ccc7ccccc7c6)nc(-c6ccc7ccccc7c6)n5)c5ccccc45)c23)cc1. The lowest BCUT2D eigenvalue weighted by atomic mass is 9.92. The molecule has 55 heavy (non-hydrogen) atoms. The van der Waals surface area contributed by atoms with Crippen LogP contribution in [0.25, 0.3) is 111 Å². The maximum absolute atomic E-state index is 6.52. The molecule has 11 rings (SSSR count). The van der Waals surface area contributed by atoms with Crippen molar-refractivity contribution in [3.05, 3.63) is 188 Å². The van der Waals surface area contributed by atoms with E-state index in [2.05, 4.69) is 182 Å². The molecule has 4 nitrogen and oxygen atoms in total. The predicted octanol–water partition coefficient (Wildman–Crippen LogP) is 13.6. The first-order valence-electron chi connectivity index (χ1n) is 18.5. The van der Waals surface area contributed by atoms with Crippen molar-refractivity contribution in [2.45, 2.75) is 0 Å². The summed E-state index contributed by atoms with van der Waals surface area (Å²) >= 11 is 0. The van der Waals surface area contributed by atoms with Gasteiger partial charge in [-0.15, -0.1) is 0 Å². The molecule has 0 aliphatic carbocycles. The Morgan fingerprint density at radius 1 is 0.291 bits per heavy atom. The Bertz CT molecular complexity index is 3180. The fraction of sp³-hybridized carbons (Fsp3) is 0. The van der Waals surface area contributed by atoms with E-state index < -0.39 is 0 Å². The molecule has 4 heteroatoms. The van der Waals surface area contributed by atoms with Crippen LogP contribution in [-0.4, -0.2) is 15.0 Å². The molecule has 11 aromatic rings. The Morgan fingerprint density at radius 2 is 0.855 bits per heavy atom. The van der Waals surface area contributed by atoms with Crippen LogP contribution in [0, 0.1) is 0 Å². The van der Waals surface area contributed by atoms with Gasteiger partial charge < -0.3 is 4.42 Å². The van der Waals surface area contributed by atoms with E-state index in [1.165, 1.54) is 10.8 Å². The quantitative estimate of drug-likeness (QED) is 0.179. The molecule has 0 bridgehead atoms. The molecule has 0 N–H and O–H groups in total. The summed E-state index contributed by atoms with van der Waals surface area (Å²) in [5.41, 5.74) is 9.11. The van der Waals surface area contributed by atoms with Gasteiger partial charge in [0.05, 0.1) is 0 Å². The van der Waals surface area contributed by atoms with Crippen molar-refractivity contribution in [1.82, 2.24) is 15.0 Å². The predicted molar refractivity (Wildman–Crippen MR) is 227 cm³/mol. The normalized spacial score (nSPS) is 11.6. The van der Waals surface area contributed by atoms with Gasteiger partial charge in [-0.25, -0.2) is 15.0 Å². The minimum Gasteiger partial charge on any atom is -0.456 e. The van der Waals surface area contributed by atoms with E-state index >= 15 is 0 Å². The zero-order valence-electron chi connectivity index (χ0n) is 29.6. The van der Waals surface area contributed by atoms with Crippen molar-refractivity contribution in [2.75, 3.05) is 0 Å². The number of hydrogen-bond donors (Lipinski definition) is 0. The molecule has 0 unspecified atom stereocenters. The number of nitrogens with zero attached hydrogens (tertiary/aromatic N) is 3. The third-order valence-electron chi connectivity index (χ3n) is 10.7. The molecule has 256 valence electrons. The number of benzene rings is 9. The second-order valence-electron chi connectivity index (χ2n) is 14.0. The Labute approximate surface area is 317 Å². The molecule has 0 radical (unpaired) electrons. The van der Waals surface area contributed by atoms with Crippen LogP contribution in [0.5, 0.6) is 0 Å². The summed E-state index contributed by atoms with van der Waals surface area (Å²) < 4.78 is 6.52. The van der Waals surface area contributed by atoms with E-state index in [1.807, 2.05) is 6.07 Å². The minimum absolute atomic E-state index is 0.629. The van der Waals surface area contributed by atoms with Crippen molar-refractivity contribution < 1.29 is 4.42 Å². The van der Waals surface area contributed by atoms with Crippen LogP contribution in [0.2, 0.25) is 0 Å². The van der Waals surface area contributed by atoms with Crippen LogP contribution < -0.4 is 0 Å². The molecule has 0 saturated heterocycles. The standard InChI is InChI=1S/C51H31N3O/c1-2-11-32(12-3-1)37-25-26-45-47(31-37)55-46-20-10-19-43(48(45)46)42-27-28-44(41-18-9-8-17-40(41)42)51-53-49(38-23-21-33-13-4-6-15-35(33)29-38)52-50(54-51)39-24-22-34-14-5-7-16-36(34)30-39/h1-31H. The molecule has 0 aliphatic rings. The molecule has 9 aromatic carbocycles. The van der Waals surface area contributed by atoms with E-state index in [0.29, 0.717) is 17.5 Å². The summed E-state index contributed by atoms with van der Waals surface area (Å²) in [4.78, 5) is 15.5. The van der Waals surface area contributed by atoms with Crippen LogP contribution in [0.1, 0.15) is 0 Å². The van der Waals surface area contributed by atoms with E-state index in [-0.39, 0.29) is 0 Å². The van der Waals surface area contributed by atoms with Crippen LogP contribution in [0.4, 0.5) is 0 Å². The fourth-order valence-electron chi connectivity index (χ4n) is 8.00. The highest BCUT2D eigenvalue weighted by molar-refractivity contribution is 6.16. The molecular formula is C51H31N3O. The van der Waals surface area contributed by atoms with Gasteiger partial charge in [0.1, 0.15) is 11.2 Å². The average Bonchev–Trinajstić information content (AvgIpc) is 3.64. The van der Waals surface area contributed by atoms with Crippen molar-refractivity contribution in [2.24, 2.45) is 0 Å². The minimum atomic E-state index is 0.629. The third kappa shape index (κ3) is 5.34. The first-order valence-corrected chi connectivity index (χ1v) is 18.5. The van der Waals surface area contributed by atoms with E-state index in [4.69, 9.17) is 19.4 Å². The van der Waals surface area contributed by atoms with Gasteiger partial charge in [-0.3, -0.25) is 0 Å². The lowest BCUT2D eigenvalue weighted by Crippen LogP contribution is -2.01.